The van der Waals surface area contributed by atoms with Crippen molar-refractivity contribution >= 4 is 0 Å². The summed E-state index contributed by atoms with van der Waals surface area (Å²) in [4.78, 5) is 5.53. The van der Waals surface area contributed by atoms with Crippen LogP contribution in [0.3, 0.4) is 0 Å². The predicted octanol–water partition coefficient (Wildman–Crippen LogP) is 1.54. The van der Waals surface area contributed by atoms with Crippen molar-refractivity contribution < 1.29 is 0 Å². The summed E-state index contributed by atoms with van der Waals surface area (Å²) >= 11 is 0. The van der Waals surface area contributed by atoms with Gasteiger partial charge in [0, 0.05) is 44.8 Å². The van der Waals surface area contributed by atoms with Crippen molar-refractivity contribution in [1.82, 2.24) is 15.1 Å². The quantitative estimate of drug-likeness (QED) is 0.821. The van der Waals surface area contributed by atoms with E-state index in [1.807, 2.05) is 0 Å². The minimum absolute atomic E-state index is 0.820. The Morgan fingerprint density at radius 1 is 0.944 bits per heavy atom. The Hall–Kier alpha value is -0.120. The zero-order chi connectivity index (χ0) is 12.4. The number of rotatable bonds is 3. The molecule has 0 aromatic carbocycles. The molecule has 104 valence electrons. The molecule has 0 bridgehead atoms. The van der Waals surface area contributed by atoms with Crippen molar-refractivity contribution in [3.8, 4) is 0 Å². The van der Waals surface area contributed by atoms with E-state index in [1.165, 1.54) is 71.4 Å². The molecular weight excluding hydrogens is 222 g/mol. The van der Waals surface area contributed by atoms with E-state index in [2.05, 4.69) is 22.0 Å². The molecule has 2 saturated heterocycles. The van der Waals surface area contributed by atoms with Crippen LogP contribution in [0.2, 0.25) is 0 Å². The van der Waals surface area contributed by atoms with E-state index in [4.69, 9.17) is 0 Å². The molecule has 3 aliphatic rings. The SMILES string of the molecule is CCC1CNCC1N1CCN(C2CCCC2)CC1. The Kier molecular flexibility index (Phi) is 4.22. The van der Waals surface area contributed by atoms with Gasteiger partial charge >= 0.3 is 0 Å². The monoisotopic (exact) mass is 251 g/mol. The lowest BCUT2D eigenvalue weighted by Crippen LogP contribution is -2.54. The van der Waals surface area contributed by atoms with Crippen LogP contribution in [-0.4, -0.2) is 61.2 Å². The van der Waals surface area contributed by atoms with Crippen LogP contribution in [0, 0.1) is 5.92 Å². The first-order valence-corrected chi connectivity index (χ1v) is 8.07. The molecule has 1 aliphatic carbocycles. The fourth-order valence-corrected chi connectivity index (χ4v) is 4.27. The van der Waals surface area contributed by atoms with Crippen molar-refractivity contribution in [3.05, 3.63) is 0 Å². The van der Waals surface area contributed by atoms with Crippen LogP contribution in [0.15, 0.2) is 0 Å². The first kappa shape index (κ1) is 12.9. The minimum Gasteiger partial charge on any atom is -0.315 e. The summed E-state index contributed by atoms with van der Waals surface area (Å²) in [6.07, 6.45) is 7.19. The Labute approximate surface area is 112 Å². The zero-order valence-corrected chi connectivity index (χ0v) is 11.9. The highest BCUT2D eigenvalue weighted by atomic mass is 15.3. The first-order valence-electron chi connectivity index (χ1n) is 8.07. The van der Waals surface area contributed by atoms with Crippen LogP contribution in [0.25, 0.3) is 0 Å². The second-order valence-corrected chi connectivity index (χ2v) is 6.40. The van der Waals surface area contributed by atoms with Gasteiger partial charge in [0.05, 0.1) is 0 Å². The predicted molar refractivity (Wildman–Crippen MR) is 75.8 cm³/mol. The van der Waals surface area contributed by atoms with E-state index in [1.54, 1.807) is 0 Å². The highest BCUT2D eigenvalue weighted by Crippen LogP contribution is 2.26. The van der Waals surface area contributed by atoms with Gasteiger partial charge in [-0.05, 0) is 25.3 Å². The summed E-state index contributed by atoms with van der Waals surface area (Å²) in [7, 11) is 0. The van der Waals surface area contributed by atoms with E-state index in [0.29, 0.717) is 0 Å². The van der Waals surface area contributed by atoms with Gasteiger partial charge in [-0.1, -0.05) is 26.2 Å². The summed E-state index contributed by atoms with van der Waals surface area (Å²) in [5.41, 5.74) is 0. The van der Waals surface area contributed by atoms with Gasteiger partial charge in [0.2, 0.25) is 0 Å². The average molecular weight is 251 g/mol. The van der Waals surface area contributed by atoms with Gasteiger partial charge < -0.3 is 5.32 Å². The number of nitrogens with zero attached hydrogens (tertiary/aromatic N) is 2. The molecule has 2 aliphatic heterocycles. The topological polar surface area (TPSA) is 18.5 Å². The average Bonchev–Trinajstić information content (AvgIpc) is 3.10. The number of piperazine rings is 1. The van der Waals surface area contributed by atoms with E-state index in [0.717, 1.165) is 18.0 Å². The lowest BCUT2D eigenvalue weighted by Gasteiger charge is -2.41. The van der Waals surface area contributed by atoms with E-state index < -0.39 is 0 Å². The van der Waals surface area contributed by atoms with E-state index in [-0.39, 0.29) is 0 Å². The highest BCUT2D eigenvalue weighted by Gasteiger charge is 2.34. The van der Waals surface area contributed by atoms with Gasteiger partial charge in [0.1, 0.15) is 0 Å². The van der Waals surface area contributed by atoms with Crippen molar-refractivity contribution in [2.45, 2.75) is 51.1 Å². The van der Waals surface area contributed by atoms with Crippen LogP contribution in [0.5, 0.6) is 0 Å². The normalized spacial score (nSPS) is 36.5. The molecule has 1 saturated carbocycles. The molecule has 3 nitrogen and oxygen atoms in total. The summed E-state index contributed by atoms with van der Waals surface area (Å²) < 4.78 is 0. The fraction of sp³-hybridized carbons (Fsp3) is 1.00. The molecule has 1 N–H and O–H groups in total. The molecular formula is C15H29N3. The van der Waals surface area contributed by atoms with Gasteiger partial charge in [-0.15, -0.1) is 0 Å². The third kappa shape index (κ3) is 2.59. The second-order valence-electron chi connectivity index (χ2n) is 6.40. The van der Waals surface area contributed by atoms with Gasteiger partial charge in [-0.3, -0.25) is 9.80 Å². The van der Waals surface area contributed by atoms with Crippen molar-refractivity contribution in [2.75, 3.05) is 39.3 Å². The molecule has 0 aromatic heterocycles. The van der Waals surface area contributed by atoms with Crippen LogP contribution >= 0.6 is 0 Å². The standard InChI is InChI=1S/C15H29N3/c1-2-13-11-16-12-15(13)18-9-7-17(8-10-18)14-5-3-4-6-14/h13-16H,2-12H2,1H3. The molecule has 2 atom stereocenters. The third-order valence-electron chi connectivity index (χ3n) is 5.49. The molecule has 0 aromatic rings. The van der Waals surface area contributed by atoms with Crippen molar-refractivity contribution in [3.63, 3.8) is 0 Å². The zero-order valence-electron chi connectivity index (χ0n) is 11.9. The second kappa shape index (κ2) is 5.89. The fourth-order valence-electron chi connectivity index (χ4n) is 4.27. The maximum absolute atomic E-state index is 3.58. The summed E-state index contributed by atoms with van der Waals surface area (Å²) in [5.74, 6) is 0.892. The Morgan fingerprint density at radius 2 is 1.61 bits per heavy atom. The number of hydrogen-bond acceptors (Lipinski definition) is 3. The molecule has 18 heavy (non-hydrogen) atoms. The van der Waals surface area contributed by atoms with Gasteiger partial charge in [0.15, 0.2) is 0 Å². The smallest absolute Gasteiger partial charge is 0.0261 e. The number of hydrogen-bond donors (Lipinski definition) is 1. The Balaban J connectivity index is 1.50. The number of nitrogens with one attached hydrogen (secondary N) is 1. The third-order valence-corrected chi connectivity index (χ3v) is 5.49. The minimum atomic E-state index is 0.820. The molecule has 0 radical (unpaired) electrons. The van der Waals surface area contributed by atoms with Crippen LogP contribution in [0.1, 0.15) is 39.0 Å². The molecule has 3 heteroatoms. The summed E-state index contributed by atoms with van der Waals surface area (Å²) in [6.45, 7) is 10.1. The largest absolute Gasteiger partial charge is 0.315 e. The molecule has 0 spiro atoms. The van der Waals surface area contributed by atoms with Gasteiger partial charge in [0.25, 0.3) is 0 Å². The molecule has 2 heterocycles. The molecule has 3 fully saturated rings. The highest BCUT2D eigenvalue weighted by molar-refractivity contribution is 4.91. The lowest BCUT2D eigenvalue weighted by atomic mass is 9.98. The molecule has 2 unspecified atom stereocenters. The van der Waals surface area contributed by atoms with Gasteiger partial charge in [-0.2, -0.15) is 0 Å². The maximum Gasteiger partial charge on any atom is 0.0261 e. The summed E-state index contributed by atoms with van der Waals surface area (Å²) in [5, 5.41) is 3.58. The molecule has 0 amide bonds. The Bertz CT molecular complexity index is 254. The van der Waals surface area contributed by atoms with E-state index in [9.17, 15) is 0 Å². The van der Waals surface area contributed by atoms with Gasteiger partial charge in [-0.25, -0.2) is 0 Å². The van der Waals surface area contributed by atoms with Crippen molar-refractivity contribution in [1.29, 1.82) is 0 Å². The lowest BCUT2D eigenvalue weighted by molar-refractivity contribution is 0.0623. The Morgan fingerprint density at radius 3 is 2.28 bits per heavy atom. The van der Waals surface area contributed by atoms with Crippen molar-refractivity contribution in [2.24, 2.45) is 5.92 Å². The molecule has 3 rings (SSSR count). The van der Waals surface area contributed by atoms with Crippen LogP contribution in [-0.2, 0) is 0 Å². The van der Waals surface area contributed by atoms with E-state index >= 15 is 0 Å². The van der Waals surface area contributed by atoms with Crippen LogP contribution < -0.4 is 5.32 Å². The summed E-state index contributed by atoms with van der Waals surface area (Å²) in [6, 6.07) is 1.75. The maximum atomic E-state index is 3.58. The van der Waals surface area contributed by atoms with Crippen LogP contribution in [0.4, 0.5) is 0 Å². The first-order chi connectivity index (χ1) is 8.88.